The quantitative estimate of drug-likeness (QED) is 0.0515. The highest BCUT2D eigenvalue weighted by molar-refractivity contribution is 5.69. The number of carbonyl (C=O) groups excluding carboxylic acids is 1. The third-order valence-electron chi connectivity index (χ3n) is 10.6. The highest BCUT2D eigenvalue weighted by Gasteiger charge is 2.14. The number of esters is 1. The minimum Gasteiger partial charge on any atom is -0.493 e. The van der Waals surface area contributed by atoms with Crippen molar-refractivity contribution in [2.75, 3.05) is 53.0 Å². The molecule has 1 aliphatic heterocycles. The normalized spacial score (nSPS) is 13.9. The highest BCUT2D eigenvalue weighted by atomic mass is 16.5. The molecule has 0 atom stereocenters. The van der Waals surface area contributed by atoms with Gasteiger partial charge in [0.2, 0.25) is 0 Å². The number of piperazine rings is 1. The fourth-order valence-electron chi connectivity index (χ4n) is 7.08. The van der Waals surface area contributed by atoms with Crippen molar-refractivity contribution >= 4 is 5.97 Å². The summed E-state index contributed by atoms with van der Waals surface area (Å²) in [7, 11) is 2.17. The van der Waals surface area contributed by atoms with Crippen molar-refractivity contribution in [2.24, 2.45) is 0 Å². The Morgan fingerprint density at radius 3 is 1.33 bits per heavy atom. The molecule has 2 rings (SSSR count). The second-order valence-corrected chi connectivity index (χ2v) is 15.6. The van der Waals surface area contributed by atoms with Crippen LogP contribution in [0.1, 0.15) is 193 Å². The van der Waals surface area contributed by atoms with Crippen LogP contribution < -0.4 is 9.47 Å². The van der Waals surface area contributed by atoms with Crippen molar-refractivity contribution in [3.05, 3.63) is 23.8 Å². The second kappa shape index (κ2) is 32.8. The number of hydrogen-bond donors (Lipinski definition) is 0. The number of benzene rings is 1. The lowest BCUT2D eigenvalue weighted by Crippen LogP contribution is -2.44. The van der Waals surface area contributed by atoms with Crippen LogP contribution in [0.3, 0.4) is 0 Å². The van der Waals surface area contributed by atoms with Crippen LogP contribution in [0.25, 0.3) is 0 Å². The van der Waals surface area contributed by atoms with E-state index in [0.717, 1.165) is 69.0 Å². The smallest absolute Gasteiger partial charge is 0.306 e. The van der Waals surface area contributed by atoms with E-state index in [1.165, 1.54) is 148 Å². The Morgan fingerprint density at radius 1 is 0.529 bits per heavy atom. The van der Waals surface area contributed by atoms with Gasteiger partial charge in [-0.3, -0.25) is 4.79 Å². The third kappa shape index (κ3) is 26.6. The lowest BCUT2D eigenvalue weighted by Gasteiger charge is -2.32. The maximum atomic E-state index is 12.6. The summed E-state index contributed by atoms with van der Waals surface area (Å²) < 4.78 is 18.1. The fraction of sp³-hybridized carbons (Fsp3) is 0.844. The predicted octanol–water partition coefficient (Wildman–Crippen LogP) is 12.3. The molecule has 6 heteroatoms. The molecule has 1 aromatic carbocycles. The third-order valence-corrected chi connectivity index (χ3v) is 10.6. The van der Waals surface area contributed by atoms with Crippen molar-refractivity contribution in [1.82, 2.24) is 9.80 Å². The molecule has 0 spiro atoms. The molecule has 0 aromatic heterocycles. The summed E-state index contributed by atoms with van der Waals surface area (Å²) in [5.74, 6) is 1.52. The van der Waals surface area contributed by atoms with E-state index in [9.17, 15) is 4.79 Å². The van der Waals surface area contributed by atoms with Gasteiger partial charge in [-0.2, -0.15) is 0 Å². The van der Waals surface area contributed by atoms with Crippen LogP contribution in [0.5, 0.6) is 11.5 Å². The average Bonchev–Trinajstić information content (AvgIpc) is 3.13. The maximum Gasteiger partial charge on any atom is 0.306 e. The monoisotopic (exact) mass is 715 g/mol. The summed E-state index contributed by atoms with van der Waals surface area (Å²) in [6.45, 7) is 11.6. The summed E-state index contributed by atoms with van der Waals surface area (Å²) in [4.78, 5) is 17.4. The van der Waals surface area contributed by atoms with E-state index in [4.69, 9.17) is 14.2 Å². The summed E-state index contributed by atoms with van der Waals surface area (Å²) in [6, 6.07) is 6.06. The molecule has 1 aromatic rings. The summed E-state index contributed by atoms with van der Waals surface area (Å²) in [5, 5.41) is 0. The molecular weight excluding hydrogens is 633 g/mol. The SMILES string of the molecule is CCCCCCCCCCCCCCCCCCOc1cc(COC(=O)CCCN2CCN(C)CC2)cc(OCCCCCCCCCCC)c1. The minimum absolute atomic E-state index is 0.124. The lowest BCUT2D eigenvalue weighted by molar-refractivity contribution is -0.145. The number of likely N-dealkylation sites (N-methyl/N-ethyl adjacent to an activating group) is 1. The Morgan fingerprint density at radius 2 is 0.922 bits per heavy atom. The number of unbranched alkanes of at least 4 members (excludes halogenated alkanes) is 23. The van der Waals surface area contributed by atoms with Crippen LogP contribution in [-0.4, -0.2) is 68.8 Å². The van der Waals surface area contributed by atoms with Gasteiger partial charge in [-0.25, -0.2) is 0 Å². The Hall–Kier alpha value is -1.79. The number of rotatable bonds is 35. The maximum absolute atomic E-state index is 12.6. The first kappa shape index (κ1) is 45.4. The standard InChI is InChI=1S/C45H82N2O4/c1-4-6-8-10-12-14-15-16-17-18-19-20-22-24-26-28-37-50-44-39-42(41-51-45(48)30-29-31-47-34-32-46(3)33-35-47)38-43(40-44)49-36-27-25-23-21-13-11-9-7-5-2/h38-40H,4-37,41H2,1-3H3. The molecule has 0 bridgehead atoms. The number of ether oxygens (including phenoxy) is 3. The zero-order chi connectivity index (χ0) is 36.5. The first-order valence-electron chi connectivity index (χ1n) is 22.1. The van der Waals surface area contributed by atoms with Crippen molar-refractivity contribution in [3.63, 3.8) is 0 Å². The molecule has 1 saturated heterocycles. The second-order valence-electron chi connectivity index (χ2n) is 15.6. The van der Waals surface area contributed by atoms with Gasteiger partial charge in [0.15, 0.2) is 0 Å². The molecule has 1 fully saturated rings. The van der Waals surface area contributed by atoms with Gasteiger partial charge in [0, 0.05) is 38.7 Å². The fourth-order valence-corrected chi connectivity index (χ4v) is 7.08. The van der Waals surface area contributed by atoms with Gasteiger partial charge in [-0.1, -0.05) is 162 Å². The van der Waals surface area contributed by atoms with Gasteiger partial charge in [0.05, 0.1) is 13.2 Å². The molecule has 0 unspecified atom stereocenters. The largest absolute Gasteiger partial charge is 0.493 e. The van der Waals surface area contributed by atoms with E-state index < -0.39 is 0 Å². The highest BCUT2D eigenvalue weighted by Crippen LogP contribution is 2.25. The Kier molecular flexibility index (Phi) is 29.2. The molecular formula is C45H82N2O4. The molecule has 0 aliphatic carbocycles. The molecule has 51 heavy (non-hydrogen) atoms. The van der Waals surface area contributed by atoms with Crippen molar-refractivity contribution in [2.45, 2.75) is 194 Å². The number of nitrogens with zero attached hydrogens (tertiary/aromatic N) is 2. The van der Waals surface area contributed by atoms with Crippen LogP contribution in [0.2, 0.25) is 0 Å². The molecule has 0 amide bonds. The van der Waals surface area contributed by atoms with E-state index in [1.54, 1.807) is 0 Å². The van der Waals surface area contributed by atoms with E-state index in [-0.39, 0.29) is 12.6 Å². The van der Waals surface area contributed by atoms with Gasteiger partial charge < -0.3 is 24.0 Å². The summed E-state index contributed by atoms with van der Waals surface area (Å²) >= 11 is 0. The van der Waals surface area contributed by atoms with Gasteiger partial charge >= 0.3 is 5.97 Å². The van der Waals surface area contributed by atoms with Gasteiger partial charge in [-0.05, 0) is 50.6 Å². The molecule has 0 N–H and O–H groups in total. The molecule has 1 heterocycles. The van der Waals surface area contributed by atoms with Crippen molar-refractivity contribution in [3.8, 4) is 11.5 Å². The molecule has 6 nitrogen and oxygen atoms in total. The average molecular weight is 715 g/mol. The van der Waals surface area contributed by atoms with Crippen LogP contribution in [0.15, 0.2) is 18.2 Å². The van der Waals surface area contributed by atoms with Crippen LogP contribution in [0, 0.1) is 0 Å². The molecule has 0 radical (unpaired) electrons. The van der Waals surface area contributed by atoms with E-state index in [1.807, 2.05) is 18.2 Å². The molecule has 296 valence electrons. The predicted molar refractivity (Wildman–Crippen MR) is 217 cm³/mol. The van der Waals surface area contributed by atoms with Gasteiger partial charge in [0.1, 0.15) is 18.1 Å². The van der Waals surface area contributed by atoms with Gasteiger partial charge in [-0.15, -0.1) is 0 Å². The minimum atomic E-state index is -0.124. The first-order chi connectivity index (χ1) is 25.1. The van der Waals surface area contributed by atoms with Crippen molar-refractivity contribution < 1.29 is 19.0 Å². The zero-order valence-electron chi connectivity index (χ0n) is 34.0. The zero-order valence-corrected chi connectivity index (χ0v) is 34.0. The van der Waals surface area contributed by atoms with E-state index >= 15 is 0 Å². The van der Waals surface area contributed by atoms with Crippen LogP contribution in [-0.2, 0) is 16.1 Å². The topological polar surface area (TPSA) is 51.2 Å². The summed E-state index contributed by atoms with van der Waals surface area (Å²) in [5.41, 5.74) is 0.939. The van der Waals surface area contributed by atoms with Crippen LogP contribution in [0.4, 0.5) is 0 Å². The molecule has 0 saturated carbocycles. The Labute approximate surface area is 316 Å². The lowest BCUT2D eigenvalue weighted by atomic mass is 10.0. The van der Waals surface area contributed by atoms with Crippen molar-refractivity contribution in [1.29, 1.82) is 0 Å². The number of hydrogen-bond acceptors (Lipinski definition) is 6. The Bertz CT molecular complexity index is 933. The number of carbonyl (C=O) groups is 1. The van der Waals surface area contributed by atoms with Crippen LogP contribution >= 0.6 is 0 Å². The first-order valence-corrected chi connectivity index (χ1v) is 22.1. The summed E-state index contributed by atoms with van der Waals surface area (Å²) in [6.07, 6.45) is 34.9. The van der Waals surface area contributed by atoms with Gasteiger partial charge in [0.25, 0.3) is 0 Å². The van der Waals surface area contributed by atoms with E-state index in [2.05, 4.69) is 30.7 Å². The molecule has 1 aliphatic rings. The Balaban J connectivity index is 1.64. The van der Waals surface area contributed by atoms with E-state index in [0.29, 0.717) is 19.6 Å².